The van der Waals surface area contributed by atoms with Crippen LogP contribution < -0.4 is 10.1 Å². The highest BCUT2D eigenvalue weighted by Gasteiger charge is 2.09. The lowest BCUT2D eigenvalue weighted by Gasteiger charge is -2.15. The highest BCUT2D eigenvalue weighted by Crippen LogP contribution is 2.28. The van der Waals surface area contributed by atoms with Gasteiger partial charge in [-0.3, -0.25) is 9.98 Å². The number of nitrogens with zero attached hydrogens (tertiary/aromatic N) is 2. The third-order valence-electron chi connectivity index (χ3n) is 5.82. The summed E-state index contributed by atoms with van der Waals surface area (Å²) in [5.74, 6) is 1.67. The van der Waals surface area contributed by atoms with E-state index in [9.17, 15) is 0 Å². The number of ether oxygens (including phenoxy) is 1. The maximum Gasteiger partial charge on any atom is 0.134 e. The minimum absolute atomic E-state index is 0.631. The second-order valence-electron chi connectivity index (χ2n) is 8.39. The number of anilines is 1. The molecule has 192 valence electrons. The van der Waals surface area contributed by atoms with Crippen molar-refractivity contribution >= 4 is 34.7 Å². The Balaban J connectivity index is 0.000000289. The SMILES string of the molecule is CCCc1ccc(Cl)c(Cl)c1.CCc1cc(-c2cccc(OC)c2)ccc1NC(=NC)c1cccnc1. The lowest BCUT2D eigenvalue weighted by Crippen LogP contribution is -2.15. The fraction of sp³-hybridized carbons (Fsp3) is 0.226. The number of benzene rings is 3. The van der Waals surface area contributed by atoms with Crippen molar-refractivity contribution in [3.63, 3.8) is 0 Å². The van der Waals surface area contributed by atoms with Gasteiger partial charge in [-0.15, -0.1) is 0 Å². The molecule has 0 amide bonds. The largest absolute Gasteiger partial charge is 0.497 e. The molecule has 0 aliphatic heterocycles. The molecule has 1 N–H and O–H groups in total. The quantitative estimate of drug-likeness (QED) is 0.190. The minimum atomic E-state index is 0.631. The molecule has 0 aliphatic carbocycles. The van der Waals surface area contributed by atoms with Gasteiger partial charge in [0.2, 0.25) is 0 Å². The Kier molecular flexibility index (Phi) is 11.0. The monoisotopic (exact) mass is 533 g/mol. The van der Waals surface area contributed by atoms with Gasteiger partial charge in [-0.05, 0) is 83.6 Å². The maximum atomic E-state index is 5.82. The molecule has 0 saturated carbocycles. The fourth-order valence-electron chi connectivity index (χ4n) is 3.86. The zero-order chi connectivity index (χ0) is 26.6. The minimum Gasteiger partial charge on any atom is -0.497 e. The molecule has 0 spiro atoms. The normalized spacial score (nSPS) is 10.9. The van der Waals surface area contributed by atoms with Gasteiger partial charge in [0.05, 0.1) is 17.2 Å². The number of pyridine rings is 1. The summed E-state index contributed by atoms with van der Waals surface area (Å²) < 4.78 is 5.34. The Morgan fingerprint density at radius 2 is 1.73 bits per heavy atom. The van der Waals surface area contributed by atoms with Crippen LogP contribution in [0.25, 0.3) is 11.1 Å². The van der Waals surface area contributed by atoms with Gasteiger partial charge >= 0.3 is 0 Å². The molecule has 4 nitrogen and oxygen atoms in total. The standard InChI is InChI=1S/C22H23N3O.C9H10Cl2/c1-4-16-13-18(17-7-5-9-20(14-17)26-3)10-11-21(16)25-22(23-2)19-8-6-12-24-15-19;1-2-3-7-4-5-8(10)9(11)6-7/h5-15H,4H2,1-3H3,(H,23,25);4-6H,2-3H2,1H3. The van der Waals surface area contributed by atoms with E-state index >= 15 is 0 Å². The van der Waals surface area contributed by atoms with E-state index in [1.807, 2.05) is 48.7 Å². The zero-order valence-corrected chi connectivity index (χ0v) is 23.3. The molecule has 0 radical (unpaired) electrons. The summed E-state index contributed by atoms with van der Waals surface area (Å²) in [6.07, 6.45) is 6.70. The van der Waals surface area contributed by atoms with Crippen LogP contribution in [0.4, 0.5) is 5.69 Å². The van der Waals surface area contributed by atoms with Crippen molar-refractivity contribution in [1.82, 2.24) is 4.98 Å². The Morgan fingerprint density at radius 3 is 2.38 bits per heavy atom. The Labute approximate surface area is 230 Å². The number of halogens is 2. The number of aryl methyl sites for hydroxylation is 2. The van der Waals surface area contributed by atoms with Gasteiger partial charge < -0.3 is 10.1 Å². The number of aromatic nitrogens is 1. The summed E-state index contributed by atoms with van der Waals surface area (Å²) in [4.78, 5) is 8.56. The number of nitrogens with one attached hydrogen (secondary N) is 1. The van der Waals surface area contributed by atoms with E-state index in [1.54, 1.807) is 20.4 Å². The van der Waals surface area contributed by atoms with Crippen LogP contribution in [0.5, 0.6) is 5.75 Å². The predicted molar refractivity (Wildman–Crippen MR) is 159 cm³/mol. The number of methoxy groups -OCH3 is 1. The first-order chi connectivity index (χ1) is 18.0. The molecule has 6 heteroatoms. The van der Waals surface area contributed by atoms with Crippen LogP contribution in [0.2, 0.25) is 10.0 Å². The second-order valence-corrected chi connectivity index (χ2v) is 9.21. The zero-order valence-electron chi connectivity index (χ0n) is 21.8. The van der Waals surface area contributed by atoms with E-state index in [4.69, 9.17) is 27.9 Å². The Hall–Kier alpha value is -3.34. The average Bonchev–Trinajstić information content (AvgIpc) is 2.94. The van der Waals surface area contributed by atoms with Gasteiger partial charge in [-0.25, -0.2) is 0 Å². The molecular formula is C31H33Cl2N3O. The van der Waals surface area contributed by atoms with E-state index in [2.05, 4.69) is 59.5 Å². The third-order valence-corrected chi connectivity index (χ3v) is 6.56. The van der Waals surface area contributed by atoms with Crippen molar-refractivity contribution in [2.75, 3.05) is 19.5 Å². The lowest BCUT2D eigenvalue weighted by molar-refractivity contribution is 0.415. The molecule has 0 fully saturated rings. The summed E-state index contributed by atoms with van der Waals surface area (Å²) in [6, 6.07) is 24.2. The summed E-state index contributed by atoms with van der Waals surface area (Å²) in [6.45, 7) is 4.30. The van der Waals surface area contributed by atoms with Gasteiger partial charge in [-0.2, -0.15) is 0 Å². The van der Waals surface area contributed by atoms with Gasteiger partial charge in [0, 0.05) is 30.7 Å². The van der Waals surface area contributed by atoms with Crippen LogP contribution in [-0.2, 0) is 12.8 Å². The molecule has 0 saturated heterocycles. The van der Waals surface area contributed by atoms with E-state index in [-0.39, 0.29) is 0 Å². The van der Waals surface area contributed by atoms with E-state index in [0.717, 1.165) is 47.7 Å². The van der Waals surface area contributed by atoms with Crippen LogP contribution >= 0.6 is 23.2 Å². The molecule has 4 aromatic rings. The molecule has 37 heavy (non-hydrogen) atoms. The van der Waals surface area contributed by atoms with E-state index in [1.165, 1.54) is 16.7 Å². The number of hydrogen-bond donors (Lipinski definition) is 1. The summed E-state index contributed by atoms with van der Waals surface area (Å²) in [5.41, 5.74) is 6.82. The smallest absolute Gasteiger partial charge is 0.134 e. The van der Waals surface area contributed by atoms with E-state index < -0.39 is 0 Å². The van der Waals surface area contributed by atoms with Crippen LogP contribution in [0.1, 0.15) is 37.0 Å². The summed E-state index contributed by atoms with van der Waals surface area (Å²) in [7, 11) is 3.47. The van der Waals surface area contributed by atoms with Crippen molar-refractivity contribution in [3.05, 3.63) is 112 Å². The molecular weight excluding hydrogens is 501 g/mol. The maximum absolute atomic E-state index is 5.82. The molecule has 4 rings (SSSR count). The van der Waals surface area contributed by atoms with Crippen LogP contribution in [0.15, 0.2) is 90.2 Å². The number of rotatable bonds is 7. The topological polar surface area (TPSA) is 46.5 Å². The second kappa shape index (κ2) is 14.4. The Morgan fingerprint density at radius 1 is 0.919 bits per heavy atom. The first-order valence-corrected chi connectivity index (χ1v) is 13.1. The van der Waals surface area contributed by atoms with Crippen molar-refractivity contribution in [2.45, 2.75) is 33.1 Å². The Bertz CT molecular complexity index is 1320. The van der Waals surface area contributed by atoms with Gasteiger partial charge in [0.15, 0.2) is 0 Å². The fourth-order valence-corrected chi connectivity index (χ4v) is 4.18. The van der Waals surface area contributed by atoms with Crippen LogP contribution in [-0.4, -0.2) is 25.0 Å². The summed E-state index contributed by atoms with van der Waals surface area (Å²) >= 11 is 11.6. The number of hydrogen-bond acceptors (Lipinski definition) is 3. The molecule has 0 atom stereocenters. The summed E-state index contributed by atoms with van der Waals surface area (Å²) in [5, 5.41) is 4.73. The van der Waals surface area contributed by atoms with Crippen molar-refractivity contribution in [3.8, 4) is 16.9 Å². The first-order valence-electron chi connectivity index (χ1n) is 12.3. The lowest BCUT2D eigenvalue weighted by atomic mass is 10.00. The molecule has 1 heterocycles. The van der Waals surface area contributed by atoms with Gasteiger partial charge in [0.1, 0.15) is 11.6 Å². The van der Waals surface area contributed by atoms with Gasteiger partial charge in [0.25, 0.3) is 0 Å². The third kappa shape index (κ3) is 8.08. The highest BCUT2D eigenvalue weighted by molar-refractivity contribution is 6.42. The van der Waals surface area contributed by atoms with Crippen molar-refractivity contribution in [2.24, 2.45) is 4.99 Å². The highest BCUT2D eigenvalue weighted by atomic mass is 35.5. The van der Waals surface area contributed by atoms with E-state index in [0.29, 0.717) is 10.0 Å². The van der Waals surface area contributed by atoms with Crippen molar-refractivity contribution < 1.29 is 4.74 Å². The molecule has 1 aromatic heterocycles. The van der Waals surface area contributed by atoms with Crippen LogP contribution in [0, 0.1) is 0 Å². The predicted octanol–water partition coefficient (Wildman–Crippen LogP) is 8.75. The average molecular weight is 535 g/mol. The number of aliphatic imine (C=N–C) groups is 1. The van der Waals surface area contributed by atoms with Crippen molar-refractivity contribution in [1.29, 1.82) is 0 Å². The molecule has 0 bridgehead atoms. The first kappa shape index (κ1) is 28.2. The molecule has 0 aliphatic rings. The number of amidine groups is 1. The molecule has 3 aromatic carbocycles. The molecule has 0 unspecified atom stereocenters. The van der Waals surface area contributed by atoms with Crippen LogP contribution in [0.3, 0.4) is 0 Å². The van der Waals surface area contributed by atoms with Gasteiger partial charge in [-0.1, -0.05) is 67.7 Å².